The molecule has 0 unspecified atom stereocenters. The molecular weight excluding hydrogens is 280 g/mol. The number of ether oxygens (including phenoxy) is 2. The molecule has 8 heteroatoms. The van der Waals surface area contributed by atoms with Crippen LogP contribution in [0.25, 0.3) is 0 Å². The van der Waals surface area contributed by atoms with Crippen LogP contribution in [0.3, 0.4) is 0 Å². The molecule has 0 saturated carbocycles. The van der Waals surface area contributed by atoms with Crippen LogP contribution in [0.5, 0.6) is 11.5 Å². The third kappa shape index (κ3) is 2.66. The maximum atomic E-state index is 11.3. The van der Waals surface area contributed by atoms with Crippen molar-refractivity contribution in [3.8, 4) is 11.5 Å². The molecule has 0 spiro atoms. The molecule has 2 aliphatic heterocycles. The minimum atomic E-state index is -0.463. The van der Waals surface area contributed by atoms with E-state index in [2.05, 4.69) is 5.10 Å². The minimum absolute atomic E-state index is 0.463. The van der Waals surface area contributed by atoms with Crippen LogP contribution < -0.4 is 20.7 Å². The summed E-state index contributed by atoms with van der Waals surface area (Å²) >= 11 is 1.39. The molecule has 0 atom stereocenters. The molecule has 0 aromatic heterocycles. The first kappa shape index (κ1) is 13.1. The summed E-state index contributed by atoms with van der Waals surface area (Å²) in [6, 6.07) is 5.32. The number of rotatable bonds is 2. The van der Waals surface area contributed by atoms with E-state index in [1.165, 1.54) is 16.8 Å². The summed E-state index contributed by atoms with van der Waals surface area (Å²) in [4.78, 5) is 11.3. The van der Waals surface area contributed by atoms with Gasteiger partial charge in [-0.25, -0.2) is 10.6 Å². The molecule has 2 aliphatic rings. The minimum Gasteiger partial charge on any atom is -0.486 e. The maximum absolute atomic E-state index is 11.3. The number of fused-ring (bicyclic) bond motifs is 1. The third-order valence-electron chi connectivity index (χ3n) is 2.80. The Kier molecular flexibility index (Phi) is 3.66. The van der Waals surface area contributed by atoms with Gasteiger partial charge >= 0.3 is 6.03 Å². The summed E-state index contributed by atoms with van der Waals surface area (Å²) in [6.45, 7) is 1.14. The molecule has 3 rings (SSSR count). The first-order valence-electron chi connectivity index (χ1n) is 6.02. The largest absolute Gasteiger partial charge is 0.486 e. The number of nitrogens with zero attached hydrogens (tertiary/aromatic N) is 2. The summed E-state index contributed by atoms with van der Waals surface area (Å²) in [6.07, 6.45) is 0.617. The van der Waals surface area contributed by atoms with E-state index in [0.717, 1.165) is 22.1 Å². The highest BCUT2D eigenvalue weighted by Crippen LogP contribution is 2.32. The molecule has 1 radical (unpaired) electrons. The van der Waals surface area contributed by atoms with Gasteiger partial charge in [0.05, 0.1) is 0 Å². The van der Waals surface area contributed by atoms with Crippen molar-refractivity contribution in [3.05, 3.63) is 29.6 Å². The van der Waals surface area contributed by atoms with Crippen LogP contribution in [0, 0.1) is 5.88 Å². The number of urea groups is 1. The number of thioether (sulfide) groups is 1. The van der Waals surface area contributed by atoms with Crippen molar-refractivity contribution >= 4 is 22.8 Å². The highest BCUT2D eigenvalue weighted by Gasteiger charge is 2.22. The van der Waals surface area contributed by atoms with Crippen molar-refractivity contribution in [3.63, 3.8) is 0 Å². The summed E-state index contributed by atoms with van der Waals surface area (Å²) in [5.74, 6) is 8.17. The third-order valence-corrected chi connectivity index (χ3v) is 3.60. The van der Waals surface area contributed by atoms with E-state index in [1.54, 1.807) is 5.88 Å². The van der Waals surface area contributed by atoms with Crippen LogP contribution >= 0.6 is 11.8 Å². The van der Waals surface area contributed by atoms with E-state index in [4.69, 9.17) is 15.3 Å². The maximum Gasteiger partial charge on any atom is 0.353 e. The summed E-state index contributed by atoms with van der Waals surface area (Å²) in [5.41, 5.74) is 3.08. The van der Waals surface area contributed by atoms with Crippen LogP contribution in [0.2, 0.25) is 0 Å². The first-order chi connectivity index (χ1) is 9.76. The summed E-state index contributed by atoms with van der Waals surface area (Å²) in [5, 5.41) is 6.15. The van der Waals surface area contributed by atoms with E-state index in [1.807, 2.05) is 23.6 Å². The Morgan fingerprint density at radius 1 is 1.40 bits per heavy atom. The predicted octanol–water partition coefficient (Wildman–Crippen LogP) is 1.07. The number of nitrogens with one attached hydrogen (secondary N) is 1. The molecular formula is C12H13N4O3S. The number of hydrazine groups is 1. The van der Waals surface area contributed by atoms with Crippen LogP contribution in [0.4, 0.5) is 4.79 Å². The lowest BCUT2D eigenvalue weighted by Crippen LogP contribution is -2.37. The second-order valence-corrected chi connectivity index (χ2v) is 5.08. The Bertz CT molecular complexity index is 564. The van der Waals surface area contributed by atoms with Crippen molar-refractivity contribution in [2.24, 2.45) is 10.9 Å². The monoisotopic (exact) mass is 293 g/mol. The lowest BCUT2D eigenvalue weighted by molar-refractivity contribution is 0.171. The van der Waals surface area contributed by atoms with Crippen LogP contribution in [-0.2, 0) is 6.42 Å². The van der Waals surface area contributed by atoms with Crippen molar-refractivity contribution < 1.29 is 14.3 Å². The van der Waals surface area contributed by atoms with Gasteiger partial charge in [-0.3, -0.25) is 5.43 Å². The molecule has 0 fully saturated rings. The Morgan fingerprint density at radius 3 is 3.00 bits per heavy atom. The van der Waals surface area contributed by atoms with Gasteiger partial charge in [0.1, 0.15) is 24.1 Å². The van der Waals surface area contributed by atoms with Crippen molar-refractivity contribution in [2.75, 3.05) is 13.2 Å². The van der Waals surface area contributed by atoms with Crippen LogP contribution in [-0.4, -0.2) is 29.3 Å². The van der Waals surface area contributed by atoms with Crippen molar-refractivity contribution in [1.82, 2.24) is 10.4 Å². The Labute approximate surface area is 120 Å². The topological polar surface area (TPSA) is 89.2 Å². The fraction of sp³-hybridized carbons (Fsp3) is 0.250. The van der Waals surface area contributed by atoms with Gasteiger partial charge < -0.3 is 9.47 Å². The van der Waals surface area contributed by atoms with E-state index in [9.17, 15) is 4.79 Å². The van der Waals surface area contributed by atoms with Gasteiger partial charge in [-0.05, 0) is 17.7 Å². The van der Waals surface area contributed by atoms with Gasteiger partial charge in [0, 0.05) is 6.42 Å². The number of carbonyl (C=O) groups is 1. The Hall–Kier alpha value is -1.93. The van der Waals surface area contributed by atoms with Crippen molar-refractivity contribution in [1.29, 1.82) is 0 Å². The molecule has 105 valence electrons. The molecule has 2 amide bonds. The number of hydrogen-bond donors (Lipinski definition) is 2. The molecule has 1 aromatic carbocycles. The van der Waals surface area contributed by atoms with Gasteiger partial charge in [-0.2, -0.15) is 10.1 Å². The summed E-state index contributed by atoms with van der Waals surface area (Å²) < 4.78 is 11.0. The molecule has 20 heavy (non-hydrogen) atoms. The fourth-order valence-electron chi connectivity index (χ4n) is 1.89. The van der Waals surface area contributed by atoms with Gasteiger partial charge in [0.2, 0.25) is 0 Å². The lowest BCUT2D eigenvalue weighted by atomic mass is 10.1. The zero-order chi connectivity index (χ0) is 13.9. The standard InChI is InChI=1S/C12H13N4O3S/c13-14-12(17)16-7-20-11(15-16)6-8-1-2-9-10(5-8)19-4-3-18-9/h1-2,5,7H,3-4,6,13H2,(H,14,17). The smallest absolute Gasteiger partial charge is 0.353 e. The van der Waals surface area contributed by atoms with E-state index in [0.29, 0.717) is 19.6 Å². The number of hydrazone groups is 1. The highest BCUT2D eigenvalue weighted by atomic mass is 32.2. The molecule has 7 nitrogen and oxygen atoms in total. The number of amides is 2. The van der Waals surface area contributed by atoms with Gasteiger partial charge in [-0.1, -0.05) is 17.8 Å². The molecule has 3 N–H and O–H groups in total. The number of nitrogens with two attached hydrogens (primary N) is 1. The Balaban J connectivity index is 1.71. The lowest BCUT2D eigenvalue weighted by Gasteiger charge is -2.18. The van der Waals surface area contributed by atoms with Gasteiger partial charge in [0.15, 0.2) is 11.5 Å². The predicted molar refractivity (Wildman–Crippen MR) is 75.0 cm³/mol. The number of carbonyl (C=O) groups excluding carboxylic acids is 1. The van der Waals surface area contributed by atoms with Crippen molar-refractivity contribution in [2.45, 2.75) is 6.42 Å². The SMILES string of the molecule is NNC(=O)N1[CH]SC(Cc2ccc3c(c2)OCCO3)=N1. The normalized spacial score (nSPS) is 16.9. The highest BCUT2D eigenvalue weighted by molar-refractivity contribution is 8.15. The Morgan fingerprint density at radius 2 is 2.20 bits per heavy atom. The zero-order valence-electron chi connectivity index (χ0n) is 10.5. The quantitative estimate of drug-likeness (QED) is 0.483. The molecule has 0 saturated heterocycles. The number of benzene rings is 1. The average Bonchev–Trinajstić information content (AvgIpc) is 2.95. The molecule has 1 aromatic rings. The average molecular weight is 293 g/mol. The van der Waals surface area contributed by atoms with E-state index in [-0.39, 0.29) is 0 Å². The van der Waals surface area contributed by atoms with Gasteiger partial charge in [-0.15, -0.1) is 0 Å². The molecule has 0 bridgehead atoms. The fourth-order valence-corrected chi connectivity index (χ4v) is 2.64. The summed E-state index contributed by atoms with van der Waals surface area (Å²) in [7, 11) is 0. The second kappa shape index (κ2) is 5.59. The van der Waals surface area contributed by atoms with E-state index < -0.39 is 6.03 Å². The van der Waals surface area contributed by atoms with Crippen LogP contribution in [0.1, 0.15) is 5.56 Å². The molecule has 2 heterocycles. The number of hydrogen-bond acceptors (Lipinski definition) is 6. The van der Waals surface area contributed by atoms with E-state index >= 15 is 0 Å². The van der Waals surface area contributed by atoms with Gasteiger partial charge in [0.25, 0.3) is 0 Å². The second-order valence-electron chi connectivity index (χ2n) is 4.17. The molecule has 0 aliphatic carbocycles. The van der Waals surface area contributed by atoms with Crippen LogP contribution in [0.15, 0.2) is 23.3 Å². The first-order valence-corrected chi connectivity index (χ1v) is 6.90. The zero-order valence-corrected chi connectivity index (χ0v) is 11.4.